The maximum absolute atomic E-state index is 13.2. The van der Waals surface area contributed by atoms with Crippen molar-refractivity contribution in [2.24, 2.45) is 5.92 Å². The van der Waals surface area contributed by atoms with Gasteiger partial charge in [-0.1, -0.05) is 71.8 Å². The first-order valence-electron chi connectivity index (χ1n) is 12.0. The number of sulfonamides is 1. The number of carbonyl (C=O) groups is 1. The molecule has 2 aliphatic heterocycles. The lowest BCUT2D eigenvalue weighted by Crippen LogP contribution is -2.53. The lowest BCUT2D eigenvalue weighted by Gasteiger charge is -2.38. The second-order valence-electron chi connectivity index (χ2n) is 9.13. The highest BCUT2D eigenvalue weighted by Crippen LogP contribution is 2.27. The van der Waals surface area contributed by atoms with Gasteiger partial charge in [0.15, 0.2) is 0 Å². The van der Waals surface area contributed by atoms with Crippen LogP contribution < -0.4 is 0 Å². The summed E-state index contributed by atoms with van der Waals surface area (Å²) in [6.07, 6.45) is 5.66. The van der Waals surface area contributed by atoms with Gasteiger partial charge in [0.2, 0.25) is 15.9 Å². The standard InChI is InChI=1S/C26H31Cl2N3O3S/c27-24-11-10-23(25(28)18-24)20-35(33,34)31-13-5-9-22(19-31)26(32)30-16-14-29(15-17-30)12-4-8-21-6-2-1-3-7-21/h1-4,6-8,10-11,18,22H,5,9,12-17,19-20H2/b8-4+/t22-/m0/s1. The molecule has 0 spiro atoms. The van der Waals surface area contributed by atoms with Crippen LogP contribution in [0.15, 0.2) is 54.6 Å². The fourth-order valence-corrected chi connectivity index (χ4v) is 6.83. The van der Waals surface area contributed by atoms with Crippen molar-refractivity contribution >= 4 is 45.2 Å². The number of halogens is 2. The smallest absolute Gasteiger partial charge is 0.227 e. The Morgan fingerprint density at radius 2 is 1.74 bits per heavy atom. The molecule has 0 aliphatic carbocycles. The molecule has 2 aromatic carbocycles. The van der Waals surface area contributed by atoms with Crippen LogP contribution in [0.5, 0.6) is 0 Å². The van der Waals surface area contributed by atoms with E-state index in [1.54, 1.807) is 18.2 Å². The molecule has 0 aromatic heterocycles. The number of carbonyl (C=O) groups excluding carboxylic acids is 1. The summed E-state index contributed by atoms with van der Waals surface area (Å²) in [6.45, 7) is 4.47. The molecule has 1 amide bonds. The summed E-state index contributed by atoms with van der Waals surface area (Å²) in [6, 6.07) is 15.0. The highest BCUT2D eigenvalue weighted by atomic mass is 35.5. The van der Waals surface area contributed by atoms with E-state index in [1.807, 2.05) is 23.1 Å². The average molecular weight is 537 g/mol. The molecule has 2 aromatic rings. The van der Waals surface area contributed by atoms with Gasteiger partial charge in [-0.15, -0.1) is 0 Å². The highest BCUT2D eigenvalue weighted by Gasteiger charge is 2.35. The molecule has 0 radical (unpaired) electrons. The van der Waals surface area contributed by atoms with Crippen LogP contribution in [0.3, 0.4) is 0 Å². The second kappa shape index (κ2) is 11.9. The lowest BCUT2D eigenvalue weighted by atomic mass is 9.98. The molecule has 1 atom stereocenters. The van der Waals surface area contributed by atoms with E-state index in [-0.39, 0.29) is 24.1 Å². The van der Waals surface area contributed by atoms with E-state index in [2.05, 4.69) is 29.2 Å². The lowest BCUT2D eigenvalue weighted by molar-refractivity contribution is -0.138. The zero-order chi connectivity index (χ0) is 24.8. The zero-order valence-electron chi connectivity index (χ0n) is 19.7. The van der Waals surface area contributed by atoms with Gasteiger partial charge in [-0.05, 0) is 36.1 Å². The number of rotatable bonds is 7. The molecule has 2 heterocycles. The maximum Gasteiger partial charge on any atom is 0.227 e. The Morgan fingerprint density at radius 3 is 2.46 bits per heavy atom. The largest absolute Gasteiger partial charge is 0.340 e. The van der Waals surface area contributed by atoms with Crippen LogP contribution in [0.1, 0.15) is 24.0 Å². The van der Waals surface area contributed by atoms with Crippen molar-refractivity contribution in [2.75, 3.05) is 45.8 Å². The van der Waals surface area contributed by atoms with E-state index in [9.17, 15) is 13.2 Å². The van der Waals surface area contributed by atoms with Crippen LogP contribution >= 0.6 is 23.2 Å². The summed E-state index contributed by atoms with van der Waals surface area (Å²) >= 11 is 12.1. The summed E-state index contributed by atoms with van der Waals surface area (Å²) in [5.41, 5.74) is 1.69. The van der Waals surface area contributed by atoms with Crippen molar-refractivity contribution < 1.29 is 13.2 Å². The van der Waals surface area contributed by atoms with Gasteiger partial charge >= 0.3 is 0 Å². The number of piperazine rings is 1. The predicted octanol–water partition coefficient (Wildman–Crippen LogP) is 4.39. The maximum atomic E-state index is 13.2. The van der Waals surface area contributed by atoms with Crippen LogP contribution in [-0.2, 0) is 20.6 Å². The van der Waals surface area contributed by atoms with Crippen molar-refractivity contribution in [1.29, 1.82) is 0 Å². The van der Waals surface area contributed by atoms with Crippen molar-refractivity contribution in [1.82, 2.24) is 14.1 Å². The molecule has 188 valence electrons. The van der Waals surface area contributed by atoms with Gasteiger partial charge in [-0.3, -0.25) is 9.69 Å². The Balaban J connectivity index is 1.28. The Hall–Kier alpha value is -1.90. The van der Waals surface area contributed by atoms with Crippen molar-refractivity contribution in [3.05, 3.63) is 75.8 Å². The van der Waals surface area contributed by atoms with Crippen molar-refractivity contribution in [2.45, 2.75) is 18.6 Å². The van der Waals surface area contributed by atoms with Gasteiger partial charge in [-0.25, -0.2) is 12.7 Å². The third-order valence-electron chi connectivity index (χ3n) is 6.64. The molecule has 2 aliphatic rings. The zero-order valence-corrected chi connectivity index (χ0v) is 22.0. The molecule has 6 nitrogen and oxygen atoms in total. The van der Waals surface area contributed by atoms with E-state index in [0.717, 1.165) is 19.6 Å². The van der Waals surface area contributed by atoms with Gasteiger partial charge in [-0.2, -0.15) is 0 Å². The quantitative estimate of drug-likeness (QED) is 0.527. The van der Waals surface area contributed by atoms with Crippen molar-refractivity contribution in [3.8, 4) is 0 Å². The minimum atomic E-state index is -3.59. The number of hydrogen-bond acceptors (Lipinski definition) is 4. The van der Waals surface area contributed by atoms with E-state index in [1.165, 1.54) is 9.87 Å². The first-order valence-corrected chi connectivity index (χ1v) is 14.3. The molecular weight excluding hydrogens is 505 g/mol. The number of hydrogen-bond donors (Lipinski definition) is 0. The van der Waals surface area contributed by atoms with Gasteiger partial charge in [0.1, 0.15) is 0 Å². The highest BCUT2D eigenvalue weighted by molar-refractivity contribution is 7.88. The normalized spacial score (nSPS) is 20.4. The van der Waals surface area contributed by atoms with Crippen LogP contribution in [0.2, 0.25) is 10.0 Å². The Morgan fingerprint density at radius 1 is 1.00 bits per heavy atom. The molecule has 0 saturated carbocycles. The molecule has 0 N–H and O–H groups in total. The Kier molecular flexibility index (Phi) is 8.89. The molecule has 2 saturated heterocycles. The van der Waals surface area contributed by atoms with Gasteiger partial charge in [0.25, 0.3) is 0 Å². The minimum Gasteiger partial charge on any atom is -0.340 e. The van der Waals surface area contributed by atoms with Gasteiger partial charge < -0.3 is 4.90 Å². The van der Waals surface area contributed by atoms with Crippen LogP contribution in [0.4, 0.5) is 0 Å². The Bertz CT molecular complexity index is 1150. The minimum absolute atomic E-state index is 0.0638. The first-order chi connectivity index (χ1) is 16.8. The molecule has 4 rings (SSSR count). The molecule has 9 heteroatoms. The third kappa shape index (κ3) is 7.08. The molecule has 35 heavy (non-hydrogen) atoms. The van der Waals surface area contributed by atoms with Crippen LogP contribution in [0.25, 0.3) is 6.08 Å². The Labute approximate surface area is 218 Å². The third-order valence-corrected chi connectivity index (χ3v) is 9.02. The van der Waals surface area contributed by atoms with Gasteiger partial charge in [0, 0.05) is 55.9 Å². The fraction of sp³-hybridized carbons (Fsp3) is 0.423. The van der Waals surface area contributed by atoms with Crippen molar-refractivity contribution in [3.63, 3.8) is 0 Å². The predicted molar refractivity (Wildman–Crippen MR) is 142 cm³/mol. The number of piperidine rings is 1. The van der Waals surface area contributed by atoms with Crippen LogP contribution in [0, 0.1) is 5.92 Å². The summed E-state index contributed by atoms with van der Waals surface area (Å²) in [4.78, 5) is 17.4. The number of benzene rings is 2. The van der Waals surface area contributed by atoms with E-state index in [0.29, 0.717) is 48.1 Å². The van der Waals surface area contributed by atoms with Gasteiger partial charge in [0.05, 0.1) is 11.7 Å². The number of nitrogens with zero attached hydrogens (tertiary/aromatic N) is 3. The van der Waals surface area contributed by atoms with E-state index < -0.39 is 10.0 Å². The molecular formula is C26H31Cl2N3O3S. The first kappa shape index (κ1) is 26.2. The molecule has 0 bridgehead atoms. The van der Waals surface area contributed by atoms with E-state index in [4.69, 9.17) is 23.2 Å². The summed E-state index contributed by atoms with van der Waals surface area (Å²) in [7, 11) is -3.59. The topological polar surface area (TPSA) is 60.9 Å². The second-order valence-corrected chi connectivity index (χ2v) is 11.9. The monoisotopic (exact) mass is 535 g/mol. The average Bonchev–Trinajstić information content (AvgIpc) is 2.86. The summed E-state index contributed by atoms with van der Waals surface area (Å²) in [5, 5.41) is 0.800. The van der Waals surface area contributed by atoms with E-state index >= 15 is 0 Å². The number of amides is 1. The summed E-state index contributed by atoms with van der Waals surface area (Å²) in [5.74, 6) is -0.434. The SMILES string of the molecule is O=C([C@H]1CCCN(S(=O)(=O)Cc2ccc(Cl)cc2Cl)C1)N1CCN(C/C=C/c2ccccc2)CC1. The molecule has 0 unspecified atom stereocenters. The molecule has 2 fully saturated rings. The fourth-order valence-electron chi connectivity index (χ4n) is 4.63. The van der Waals surface area contributed by atoms with Crippen LogP contribution in [-0.4, -0.2) is 74.2 Å². The summed E-state index contributed by atoms with van der Waals surface area (Å²) < 4.78 is 27.6.